The van der Waals surface area contributed by atoms with Crippen LogP contribution < -0.4 is 5.32 Å². The van der Waals surface area contributed by atoms with Gasteiger partial charge in [-0.25, -0.2) is 4.79 Å². The molecule has 1 aliphatic carbocycles. The minimum absolute atomic E-state index is 0.262. The SMILES string of the molecule is O=C(CN1C(=O)N[C@]2(CCCc3ccccc32)C1=O)c1c[nH]c2ccccc12. The highest BCUT2D eigenvalue weighted by molar-refractivity contribution is 6.14. The van der Waals surface area contributed by atoms with Gasteiger partial charge in [0.25, 0.3) is 5.91 Å². The lowest BCUT2D eigenvalue weighted by molar-refractivity contribution is -0.131. The van der Waals surface area contributed by atoms with Crippen molar-refractivity contribution in [3.63, 3.8) is 0 Å². The van der Waals surface area contributed by atoms with E-state index in [-0.39, 0.29) is 18.2 Å². The molecule has 2 aromatic carbocycles. The molecule has 1 fully saturated rings. The van der Waals surface area contributed by atoms with Crippen LogP contribution in [0.2, 0.25) is 0 Å². The Kier molecular flexibility index (Phi) is 3.62. The predicted octanol–water partition coefficient (Wildman–Crippen LogP) is 3.13. The van der Waals surface area contributed by atoms with Gasteiger partial charge in [0.15, 0.2) is 5.78 Å². The van der Waals surface area contributed by atoms with Gasteiger partial charge in [-0.15, -0.1) is 0 Å². The average molecular weight is 373 g/mol. The Labute approximate surface area is 161 Å². The molecule has 2 aliphatic rings. The number of aromatic nitrogens is 1. The lowest BCUT2D eigenvalue weighted by Crippen LogP contribution is -2.46. The van der Waals surface area contributed by atoms with E-state index in [0.717, 1.165) is 39.8 Å². The quantitative estimate of drug-likeness (QED) is 0.547. The number of Topliss-reactive ketones (excluding diaryl/α,β-unsaturated/α-hetero) is 1. The maximum Gasteiger partial charge on any atom is 0.325 e. The van der Waals surface area contributed by atoms with Crippen LogP contribution in [-0.2, 0) is 16.8 Å². The smallest absolute Gasteiger partial charge is 0.325 e. The van der Waals surface area contributed by atoms with Gasteiger partial charge < -0.3 is 10.3 Å². The second kappa shape index (κ2) is 6.05. The summed E-state index contributed by atoms with van der Waals surface area (Å²) in [5.41, 5.74) is 2.21. The fraction of sp³-hybridized carbons (Fsp3) is 0.227. The molecule has 2 heterocycles. The van der Waals surface area contributed by atoms with Crippen molar-refractivity contribution in [2.24, 2.45) is 0 Å². The van der Waals surface area contributed by atoms with Crippen molar-refractivity contribution in [3.8, 4) is 0 Å². The minimum atomic E-state index is -1.05. The molecule has 1 spiro atoms. The Morgan fingerprint density at radius 2 is 1.86 bits per heavy atom. The third-order valence-corrected chi connectivity index (χ3v) is 5.84. The number of carbonyl (C=O) groups is 3. The van der Waals surface area contributed by atoms with Crippen LogP contribution in [0.5, 0.6) is 0 Å². The van der Waals surface area contributed by atoms with E-state index in [0.29, 0.717) is 12.0 Å². The van der Waals surface area contributed by atoms with Gasteiger partial charge in [-0.3, -0.25) is 14.5 Å². The zero-order valence-electron chi connectivity index (χ0n) is 15.2. The fourth-order valence-electron chi connectivity index (χ4n) is 4.49. The van der Waals surface area contributed by atoms with Crippen LogP contribution in [0.15, 0.2) is 54.7 Å². The zero-order valence-corrected chi connectivity index (χ0v) is 15.2. The second-order valence-corrected chi connectivity index (χ2v) is 7.41. The Morgan fingerprint density at radius 3 is 2.75 bits per heavy atom. The number of aryl methyl sites for hydroxylation is 1. The van der Waals surface area contributed by atoms with Gasteiger partial charge in [0.2, 0.25) is 0 Å². The number of benzene rings is 2. The number of ketones is 1. The molecular formula is C22H19N3O3. The standard InChI is InChI=1S/C22H19N3O3/c26-19(16-12-23-18-10-4-2-8-15(16)18)13-25-20(27)22(24-21(25)28)11-5-7-14-6-1-3-9-17(14)22/h1-4,6,8-10,12,23H,5,7,11,13H2,(H,24,28)/t22-/m0/s1. The molecule has 3 aromatic rings. The molecule has 1 aromatic heterocycles. The molecule has 0 unspecified atom stereocenters. The summed E-state index contributed by atoms with van der Waals surface area (Å²) in [5, 5.41) is 3.68. The number of carbonyl (C=O) groups excluding carboxylic acids is 3. The van der Waals surface area contributed by atoms with Gasteiger partial charge in [-0.2, -0.15) is 0 Å². The lowest BCUT2D eigenvalue weighted by atomic mass is 9.76. The number of rotatable bonds is 3. The first-order valence-electron chi connectivity index (χ1n) is 9.42. The normalized spacial score (nSPS) is 21.2. The number of H-pyrrole nitrogens is 1. The van der Waals surface area contributed by atoms with Crippen LogP contribution in [0.3, 0.4) is 0 Å². The molecule has 0 radical (unpaired) electrons. The maximum atomic E-state index is 13.3. The summed E-state index contributed by atoms with van der Waals surface area (Å²) in [6, 6.07) is 14.7. The number of aromatic amines is 1. The zero-order chi connectivity index (χ0) is 19.3. The van der Waals surface area contributed by atoms with Crippen LogP contribution in [-0.4, -0.2) is 34.2 Å². The van der Waals surface area contributed by atoms with Gasteiger partial charge in [0, 0.05) is 22.7 Å². The second-order valence-electron chi connectivity index (χ2n) is 7.41. The van der Waals surface area contributed by atoms with Crippen molar-refractivity contribution in [1.82, 2.24) is 15.2 Å². The van der Waals surface area contributed by atoms with E-state index in [1.807, 2.05) is 48.5 Å². The molecule has 1 atom stereocenters. The van der Waals surface area contributed by atoms with E-state index < -0.39 is 11.6 Å². The number of amides is 3. The Bertz CT molecular complexity index is 1130. The molecule has 6 heteroatoms. The molecule has 1 saturated heterocycles. The highest BCUT2D eigenvalue weighted by Gasteiger charge is 2.54. The van der Waals surface area contributed by atoms with Crippen molar-refractivity contribution < 1.29 is 14.4 Å². The topological polar surface area (TPSA) is 82.3 Å². The summed E-state index contributed by atoms with van der Waals surface area (Å²) in [4.78, 5) is 43.0. The summed E-state index contributed by atoms with van der Waals surface area (Å²) >= 11 is 0. The van der Waals surface area contributed by atoms with Gasteiger partial charge in [0.1, 0.15) is 5.54 Å². The first-order chi connectivity index (χ1) is 13.6. The van der Waals surface area contributed by atoms with Crippen LogP contribution >= 0.6 is 0 Å². The number of hydrogen-bond acceptors (Lipinski definition) is 3. The van der Waals surface area contributed by atoms with Gasteiger partial charge in [-0.05, 0) is 36.5 Å². The third kappa shape index (κ3) is 2.30. The van der Waals surface area contributed by atoms with E-state index in [9.17, 15) is 14.4 Å². The van der Waals surface area contributed by atoms with Gasteiger partial charge in [0.05, 0.1) is 6.54 Å². The number of nitrogens with one attached hydrogen (secondary N) is 2. The largest absolute Gasteiger partial charge is 0.360 e. The van der Waals surface area contributed by atoms with Crippen LogP contribution in [0.25, 0.3) is 10.9 Å². The number of urea groups is 1. The number of nitrogens with zero attached hydrogens (tertiary/aromatic N) is 1. The monoisotopic (exact) mass is 373 g/mol. The van der Waals surface area contributed by atoms with E-state index >= 15 is 0 Å². The number of para-hydroxylation sites is 1. The van der Waals surface area contributed by atoms with Gasteiger partial charge in [-0.1, -0.05) is 42.5 Å². The molecule has 6 nitrogen and oxygen atoms in total. The lowest BCUT2D eigenvalue weighted by Gasteiger charge is -2.33. The van der Waals surface area contributed by atoms with Crippen molar-refractivity contribution in [2.45, 2.75) is 24.8 Å². The number of imide groups is 1. The van der Waals surface area contributed by atoms with Crippen LogP contribution in [0.1, 0.15) is 34.3 Å². The summed E-state index contributed by atoms with van der Waals surface area (Å²) in [6.07, 6.45) is 3.88. The van der Waals surface area contributed by atoms with Crippen LogP contribution in [0, 0.1) is 0 Å². The van der Waals surface area contributed by atoms with Crippen molar-refractivity contribution in [1.29, 1.82) is 0 Å². The molecule has 28 heavy (non-hydrogen) atoms. The molecule has 1 aliphatic heterocycles. The molecule has 0 bridgehead atoms. The summed E-state index contributed by atoms with van der Waals surface area (Å²) in [7, 11) is 0. The predicted molar refractivity (Wildman–Crippen MR) is 104 cm³/mol. The van der Waals surface area contributed by atoms with E-state index in [1.165, 1.54) is 0 Å². The Balaban J connectivity index is 1.47. The van der Waals surface area contributed by atoms with Crippen LogP contribution in [0.4, 0.5) is 4.79 Å². The summed E-state index contributed by atoms with van der Waals surface area (Å²) in [6.45, 7) is -0.267. The van der Waals surface area contributed by atoms with Crippen molar-refractivity contribution in [3.05, 3.63) is 71.4 Å². The van der Waals surface area contributed by atoms with E-state index in [1.54, 1.807) is 6.20 Å². The van der Waals surface area contributed by atoms with E-state index in [4.69, 9.17) is 0 Å². The first-order valence-corrected chi connectivity index (χ1v) is 9.42. The fourth-order valence-corrected chi connectivity index (χ4v) is 4.49. The van der Waals surface area contributed by atoms with Crippen molar-refractivity contribution in [2.75, 3.05) is 6.54 Å². The third-order valence-electron chi connectivity index (χ3n) is 5.84. The number of hydrogen-bond donors (Lipinski definition) is 2. The highest BCUT2D eigenvalue weighted by Crippen LogP contribution is 2.40. The number of fused-ring (bicyclic) bond motifs is 3. The highest BCUT2D eigenvalue weighted by atomic mass is 16.2. The molecule has 0 saturated carbocycles. The molecule has 140 valence electrons. The molecular weight excluding hydrogens is 354 g/mol. The van der Waals surface area contributed by atoms with Gasteiger partial charge >= 0.3 is 6.03 Å². The maximum absolute atomic E-state index is 13.3. The summed E-state index contributed by atoms with van der Waals surface area (Å²) < 4.78 is 0. The molecule has 5 rings (SSSR count). The molecule has 2 N–H and O–H groups in total. The Morgan fingerprint density at radius 1 is 1.07 bits per heavy atom. The van der Waals surface area contributed by atoms with E-state index in [2.05, 4.69) is 10.3 Å². The minimum Gasteiger partial charge on any atom is -0.360 e. The molecule has 3 amide bonds. The van der Waals surface area contributed by atoms with Crippen molar-refractivity contribution >= 4 is 28.6 Å². The first kappa shape index (κ1) is 16.7. The summed E-state index contributed by atoms with van der Waals surface area (Å²) in [5.74, 6) is -0.597. The average Bonchev–Trinajstić information content (AvgIpc) is 3.24. The Hall–Kier alpha value is -3.41.